The molecule has 1 heterocycles. The Bertz CT molecular complexity index is 815. The lowest BCUT2D eigenvalue weighted by Gasteiger charge is -2.13. The van der Waals surface area contributed by atoms with E-state index in [4.69, 9.17) is 0 Å². The summed E-state index contributed by atoms with van der Waals surface area (Å²) in [6, 6.07) is 12.4. The van der Waals surface area contributed by atoms with Crippen molar-refractivity contribution in [3.63, 3.8) is 0 Å². The van der Waals surface area contributed by atoms with E-state index >= 15 is 0 Å². The molecule has 0 unspecified atom stereocenters. The maximum absolute atomic E-state index is 14.4. The number of hydrogen-bond donors (Lipinski definition) is 0. The fourth-order valence-corrected chi connectivity index (χ4v) is 3.12. The van der Waals surface area contributed by atoms with Crippen LogP contribution < -0.4 is 0 Å². The Morgan fingerprint density at radius 3 is 2.55 bits per heavy atom. The van der Waals surface area contributed by atoms with E-state index in [1.165, 1.54) is 24.3 Å². The molecule has 0 amide bonds. The molecule has 0 fully saturated rings. The molecule has 2 aromatic carbocycles. The van der Waals surface area contributed by atoms with Crippen LogP contribution in [0.15, 0.2) is 48.5 Å². The van der Waals surface area contributed by atoms with Crippen LogP contribution in [0.25, 0.3) is 10.2 Å². The van der Waals surface area contributed by atoms with Crippen molar-refractivity contribution in [3.05, 3.63) is 69.2 Å². The minimum atomic E-state index is -3.25. The van der Waals surface area contributed by atoms with Gasteiger partial charge in [-0.2, -0.15) is 8.78 Å². The summed E-state index contributed by atoms with van der Waals surface area (Å²) in [4.78, 5) is 14.2. The van der Waals surface area contributed by atoms with Crippen molar-refractivity contribution in [1.29, 1.82) is 0 Å². The van der Waals surface area contributed by atoms with E-state index in [0.29, 0.717) is 10.2 Å². The van der Waals surface area contributed by atoms with Gasteiger partial charge in [0, 0.05) is 11.6 Å². The van der Waals surface area contributed by atoms with Crippen LogP contribution in [0.5, 0.6) is 0 Å². The minimum absolute atomic E-state index is 0.00300. The molecule has 0 bridgehead atoms. The second-order valence-corrected chi connectivity index (χ2v) is 5.78. The summed E-state index contributed by atoms with van der Waals surface area (Å²) in [5.41, 5.74) is 0.199. The van der Waals surface area contributed by atoms with Crippen LogP contribution in [0, 0.1) is 10.1 Å². The van der Waals surface area contributed by atoms with Crippen LogP contribution in [0.1, 0.15) is 10.6 Å². The van der Waals surface area contributed by atoms with E-state index in [-0.39, 0.29) is 16.3 Å². The summed E-state index contributed by atoms with van der Waals surface area (Å²) in [5.74, 6) is -3.25. The van der Waals surface area contributed by atoms with Crippen molar-refractivity contribution in [2.45, 2.75) is 12.3 Å². The lowest BCUT2D eigenvalue weighted by molar-refractivity contribution is -0.385. The first kappa shape index (κ1) is 14.5. The number of para-hydroxylation sites is 2. The molecule has 0 aliphatic heterocycles. The average Bonchev–Trinajstić information content (AvgIpc) is 2.92. The van der Waals surface area contributed by atoms with Gasteiger partial charge in [0.2, 0.25) is 0 Å². The standard InChI is InChI=1S/C15H10F2N2O2S/c16-15(17,9-10-5-1-3-7-12(10)19(20)21)14-18-11-6-2-4-8-13(11)22-14/h1-8H,9H2. The fourth-order valence-electron chi connectivity index (χ4n) is 2.18. The monoisotopic (exact) mass is 320 g/mol. The van der Waals surface area contributed by atoms with Crippen molar-refractivity contribution in [2.75, 3.05) is 0 Å². The highest BCUT2D eigenvalue weighted by Gasteiger charge is 2.37. The Labute approximate surface area is 128 Å². The van der Waals surface area contributed by atoms with Gasteiger partial charge in [-0.05, 0) is 12.1 Å². The summed E-state index contributed by atoms with van der Waals surface area (Å²) in [6.07, 6.45) is -0.746. The second-order valence-electron chi connectivity index (χ2n) is 4.75. The molecule has 0 aliphatic carbocycles. The Hall–Kier alpha value is -2.41. The molecule has 3 aromatic rings. The third kappa shape index (κ3) is 2.67. The van der Waals surface area contributed by atoms with Gasteiger partial charge in [0.1, 0.15) is 0 Å². The predicted molar refractivity (Wildman–Crippen MR) is 80.3 cm³/mol. The van der Waals surface area contributed by atoms with Gasteiger partial charge in [0.25, 0.3) is 5.69 Å². The highest BCUT2D eigenvalue weighted by Crippen LogP contribution is 2.38. The SMILES string of the molecule is O=[N+]([O-])c1ccccc1CC(F)(F)c1nc2ccccc2s1. The smallest absolute Gasteiger partial charge is 0.258 e. The molecular weight excluding hydrogens is 310 g/mol. The van der Waals surface area contributed by atoms with Gasteiger partial charge >= 0.3 is 5.92 Å². The number of rotatable bonds is 4. The molecule has 0 saturated heterocycles. The quantitative estimate of drug-likeness (QED) is 0.524. The number of hydrogen-bond acceptors (Lipinski definition) is 4. The van der Waals surface area contributed by atoms with Crippen LogP contribution in [0.2, 0.25) is 0 Å². The van der Waals surface area contributed by atoms with Crippen molar-refractivity contribution in [1.82, 2.24) is 4.98 Å². The zero-order chi connectivity index (χ0) is 15.7. The van der Waals surface area contributed by atoms with Crippen LogP contribution in [0.3, 0.4) is 0 Å². The molecule has 0 aliphatic rings. The summed E-state index contributed by atoms with van der Waals surface area (Å²) < 4.78 is 29.6. The van der Waals surface area contributed by atoms with Gasteiger partial charge in [-0.25, -0.2) is 4.98 Å². The molecular formula is C15H10F2N2O2S. The van der Waals surface area contributed by atoms with E-state index in [1.807, 2.05) is 0 Å². The van der Waals surface area contributed by atoms with E-state index in [2.05, 4.69) is 4.98 Å². The molecule has 3 rings (SSSR count). The number of nitro benzene ring substituents is 1. The first-order valence-corrected chi connectivity index (χ1v) is 7.25. The highest BCUT2D eigenvalue weighted by molar-refractivity contribution is 7.18. The first-order chi connectivity index (χ1) is 10.5. The molecule has 0 atom stereocenters. The maximum atomic E-state index is 14.4. The lowest BCUT2D eigenvalue weighted by Crippen LogP contribution is -2.17. The number of aromatic nitrogens is 1. The summed E-state index contributed by atoms with van der Waals surface area (Å²) in [7, 11) is 0. The van der Waals surface area contributed by atoms with Gasteiger partial charge in [0.15, 0.2) is 5.01 Å². The van der Waals surface area contributed by atoms with Gasteiger partial charge in [0.05, 0.1) is 21.6 Å². The van der Waals surface area contributed by atoms with E-state index in [9.17, 15) is 18.9 Å². The molecule has 4 nitrogen and oxygen atoms in total. The van der Waals surface area contributed by atoms with Gasteiger partial charge in [-0.3, -0.25) is 10.1 Å². The van der Waals surface area contributed by atoms with Crippen LogP contribution in [0.4, 0.5) is 14.5 Å². The number of halogens is 2. The lowest BCUT2D eigenvalue weighted by atomic mass is 10.1. The number of alkyl halides is 2. The van der Waals surface area contributed by atoms with E-state index in [1.54, 1.807) is 24.3 Å². The van der Waals surface area contributed by atoms with E-state index in [0.717, 1.165) is 11.3 Å². The van der Waals surface area contributed by atoms with Crippen LogP contribution in [-0.4, -0.2) is 9.91 Å². The summed E-state index contributed by atoms with van der Waals surface area (Å²) >= 11 is 0.907. The Morgan fingerprint density at radius 1 is 1.14 bits per heavy atom. The van der Waals surface area contributed by atoms with Crippen molar-refractivity contribution in [3.8, 4) is 0 Å². The van der Waals surface area contributed by atoms with Crippen molar-refractivity contribution in [2.24, 2.45) is 0 Å². The summed E-state index contributed by atoms with van der Waals surface area (Å²) in [6.45, 7) is 0. The highest BCUT2D eigenvalue weighted by atomic mass is 32.1. The Balaban J connectivity index is 1.98. The fraction of sp³-hybridized carbons (Fsp3) is 0.133. The zero-order valence-electron chi connectivity index (χ0n) is 11.2. The molecule has 0 spiro atoms. The van der Waals surface area contributed by atoms with Crippen LogP contribution in [-0.2, 0) is 12.3 Å². The Kier molecular flexibility index (Phi) is 3.58. The largest absolute Gasteiger partial charge is 0.303 e. The summed E-state index contributed by atoms with van der Waals surface area (Å²) in [5, 5.41) is 10.6. The molecule has 0 radical (unpaired) electrons. The third-order valence-corrected chi connectivity index (χ3v) is 4.36. The maximum Gasteiger partial charge on any atom is 0.303 e. The number of thiazole rings is 1. The number of fused-ring (bicyclic) bond motifs is 1. The number of nitro groups is 1. The first-order valence-electron chi connectivity index (χ1n) is 6.43. The minimum Gasteiger partial charge on any atom is -0.258 e. The van der Waals surface area contributed by atoms with Crippen LogP contribution >= 0.6 is 11.3 Å². The van der Waals surface area contributed by atoms with Gasteiger partial charge in [-0.1, -0.05) is 30.3 Å². The van der Waals surface area contributed by atoms with Crippen molar-refractivity contribution < 1.29 is 13.7 Å². The van der Waals surface area contributed by atoms with E-state index < -0.39 is 17.3 Å². The number of nitrogens with zero attached hydrogens (tertiary/aromatic N) is 2. The number of benzene rings is 2. The van der Waals surface area contributed by atoms with Gasteiger partial charge < -0.3 is 0 Å². The second kappa shape index (κ2) is 5.42. The van der Waals surface area contributed by atoms with Crippen molar-refractivity contribution >= 4 is 27.2 Å². The molecule has 22 heavy (non-hydrogen) atoms. The molecule has 0 N–H and O–H groups in total. The molecule has 7 heteroatoms. The normalized spacial score (nSPS) is 11.7. The average molecular weight is 320 g/mol. The topological polar surface area (TPSA) is 56.0 Å². The molecule has 112 valence electrons. The zero-order valence-corrected chi connectivity index (χ0v) is 12.0. The molecule has 1 aromatic heterocycles. The predicted octanol–water partition coefficient (Wildman–Crippen LogP) is 4.54. The molecule has 0 saturated carbocycles. The third-order valence-electron chi connectivity index (χ3n) is 3.21. The van der Waals surface area contributed by atoms with Gasteiger partial charge in [-0.15, -0.1) is 11.3 Å². The Morgan fingerprint density at radius 2 is 1.82 bits per heavy atom.